The van der Waals surface area contributed by atoms with Crippen LogP contribution in [0, 0.1) is 23.2 Å². The summed E-state index contributed by atoms with van der Waals surface area (Å²) in [4.78, 5) is 26.5. The Morgan fingerprint density at radius 3 is 2.70 bits per heavy atom. The highest BCUT2D eigenvalue weighted by atomic mass is 16.5. The average molecular weight is 369 g/mol. The summed E-state index contributed by atoms with van der Waals surface area (Å²) in [6, 6.07) is 9.17. The number of fused-ring (bicyclic) bond motifs is 1. The van der Waals surface area contributed by atoms with Crippen molar-refractivity contribution in [3.05, 3.63) is 29.8 Å². The van der Waals surface area contributed by atoms with Gasteiger partial charge in [0.2, 0.25) is 0 Å². The van der Waals surface area contributed by atoms with E-state index in [0.29, 0.717) is 23.4 Å². The Morgan fingerprint density at radius 1 is 1.22 bits per heavy atom. The Kier molecular flexibility index (Phi) is 6.33. The van der Waals surface area contributed by atoms with E-state index in [1.807, 2.05) is 11.0 Å². The van der Waals surface area contributed by atoms with Gasteiger partial charge in [-0.1, -0.05) is 19.8 Å². The van der Waals surface area contributed by atoms with Gasteiger partial charge in [0.15, 0.2) is 6.61 Å². The fourth-order valence-corrected chi connectivity index (χ4v) is 4.34. The highest BCUT2D eigenvalue weighted by Gasteiger charge is 2.39. The Morgan fingerprint density at radius 2 is 1.96 bits per heavy atom. The van der Waals surface area contributed by atoms with Gasteiger partial charge in [-0.25, -0.2) is 0 Å². The summed E-state index contributed by atoms with van der Waals surface area (Å²) < 4.78 is 5.19. The molecule has 0 spiro atoms. The number of hydrogen-bond acceptors (Lipinski definition) is 5. The number of hydrogen-bond donors (Lipinski definition) is 1. The molecule has 1 aliphatic carbocycles. The number of amides is 1. The van der Waals surface area contributed by atoms with Crippen molar-refractivity contribution in [1.82, 2.24) is 4.90 Å². The van der Waals surface area contributed by atoms with Gasteiger partial charge in [0.25, 0.3) is 5.91 Å². The van der Waals surface area contributed by atoms with Crippen LogP contribution in [0.2, 0.25) is 0 Å². The second-order valence-electron chi connectivity index (χ2n) is 7.57. The van der Waals surface area contributed by atoms with E-state index in [9.17, 15) is 9.59 Å². The second-order valence-corrected chi connectivity index (χ2v) is 7.57. The highest BCUT2D eigenvalue weighted by molar-refractivity contribution is 5.82. The van der Waals surface area contributed by atoms with Crippen LogP contribution in [0.15, 0.2) is 24.3 Å². The fraction of sp³-hybridized carbons (Fsp3) is 0.571. The van der Waals surface area contributed by atoms with Crippen LogP contribution in [-0.4, -0.2) is 42.5 Å². The molecule has 1 heterocycles. The van der Waals surface area contributed by atoms with Gasteiger partial charge in [0.1, 0.15) is 6.54 Å². The third-order valence-corrected chi connectivity index (χ3v) is 5.87. The van der Waals surface area contributed by atoms with Gasteiger partial charge in [-0.05, 0) is 55.4 Å². The minimum atomic E-state index is -0.460. The molecule has 1 saturated heterocycles. The second kappa shape index (κ2) is 8.90. The zero-order valence-corrected chi connectivity index (χ0v) is 15.8. The van der Waals surface area contributed by atoms with Gasteiger partial charge in [0.05, 0.1) is 11.6 Å². The molecule has 1 aliphatic heterocycles. The minimum absolute atomic E-state index is 0.0116. The molecule has 2 fully saturated rings. The molecular formula is C21H27N3O3. The summed E-state index contributed by atoms with van der Waals surface area (Å²) in [5.74, 6) is 0.715. The number of anilines is 1. The van der Waals surface area contributed by atoms with Crippen LogP contribution in [0.25, 0.3) is 0 Å². The highest BCUT2D eigenvalue weighted by Crippen LogP contribution is 2.38. The average Bonchev–Trinajstić information content (AvgIpc) is 2.71. The Balaban J connectivity index is 1.45. The van der Waals surface area contributed by atoms with Gasteiger partial charge >= 0.3 is 5.97 Å². The van der Waals surface area contributed by atoms with Crippen LogP contribution in [0.3, 0.4) is 0 Å². The smallest absolute Gasteiger partial charge is 0.325 e. The van der Waals surface area contributed by atoms with E-state index in [1.165, 1.54) is 19.3 Å². The van der Waals surface area contributed by atoms with E-state index in [4.69, 9.17) is 10.00 Å². The normalized spacial score (nSPS) is 24.4. The van der Waals surface area contributed by atoms with Gasteiger partial charge in [-0.2, -0.15) is 5.26 Å². The number of nitrogens with one attached hydrogen (secondary N) is 1. The third-order valence-electron chi connectivity index (χ3n) is 5.87. The fourth-order valence-electron chi connectivity index (χ4n) is 4.34. The van der Waals surface area contributed by atoms with Crippen molar-refractivity contribution in [1.29, 1.82) is 5.26 Å². The van der Waals surface area contributed by atoms with Crippen LogP contribution in [0.5, 0.6) is 0 Å². The molecule has 3 atom stereocenters. The Hall–Kier alpha value is -2.55. The number of rotatable bonds is 5. The first kappa shape index (κ1) is 19.2. The molecule has 0 aromatic heterocycles. The molecule has 1 saturated carbocycles. The molecule has 1 amide bonds. The van der Waals surface area contributed by atoms with Gasteiger partial charge < -0.3 is 15.0 Å². The van der Waals surface area contributed by atoms with Gasteiger partial charge in [-0.3, -0.25) is 9.59 Å². The van der Waals surface area contributed by atoms with Crippen molar-refractivity contribution in [3.8, 4) is 6.07 Å². The molecule has 27 heavy (non-hydrogen) atoms. The van der Waals surface area contributed by atoms with Crippen molar-refractivity contribution >= 4 is 17.6 Å². The van der Waals surface area contributed by atoms with Crippen LogP contribution in [-0.2, 0) is 14.3 Å². The molecule has 1 aromatic rings. The number of carbonyl (C=O) groups is 2. The first-order chi connectivity index (χ1) is 13.1. The maximum Gasteiger partial charge on any atom is 0.325 e. The van der Waals surface area contributed by atoms with E-state index in [2.05, 4.69) is 12.2 Å². The number of nitriles is 1. The maximum absolute atomic E-state index is 12.6. The van der Waals surface area contributed by atoms with Crippen LogP contribution in [0.1, 0.15) is 44.6 Å². The zero-order chi connectivity index (χ0) is 19.2. The quantitative estimate of drug-likeness (QED) is 0.807. The number of esters is 1. The maximum atomic E-state index is 12.6. The topological polar surface area (TPSA) is 82.4 Å². The van der Waals surface area contributed by atoms with E-state index < -0.39 is 5.97 Å². The standard InChI is InChI=1S/C21H27N3O3/c1-15-10-11-24(19-5-3-2-4-18(15)19)20(25)14-27-21(26)13-23-17-8-6-16(12-22)7-9-17/h6-9,15,18-19,23H,2-5,10-11,13-14H2,1H3/t15-,18+,19-/m1/s1. The minimum Gasteiger partial charge on any atom is -0.454 e. The van der Waals surface area contributed by atoms with E-state index in [0.717, 1.165) is 25.1 Å². The molecule has 1 N–H and O–H groups in total. The number of ether oxygens (including phenoxy) is 1. The molecule has 0 bridgehead atoms. The first-order valence-electron chi connectivity index (χ1n) is 9.77. The molecule has 3 rings (SSSR count). The molecule has 0 unspecified atom stereocenters. The van der Waals surface area contributed by atoms with Crippen molar-refractivity contribution in [2.45, 2.75) is 45.1 Å². The van der Waals surface area contributed by atoms with E-state index in [1.54, 1.807) is 24.3 Å². The molecule has 6 heteroatoms. The van der Waals surface area contributed by atoms with Crippen molar-refractivity contribution in [3.63, 3.8) is 0 Å². The van der Waals surface area contributed by atoms with Gasteiger partial charge in [-0.15, -0.1) is 0 Å². The number of nitrogens with zero attached hydrogens (tertiary/aromatic N) is 2. The first-order valence-corrected chi connectivity index (χ1v) is 9.77. The number of benzene rings is 1. The predicted octanol–water partition coefficient (Wildman–Crippen LogP) is 2.94. The monoisotopic (exact) mass is 369 g/mol. The van der Waals surface area contributed by atoms with Crippen LogP contribution < -0.4 is 5.32 Å². The molecule has 2 aliphatic rings. The van der Waals surface area contributed by atoms with E-state index >= 15 is 0 Å². The lowest BCUT2D eigenvalue weighted by molar-refractivity contribution is -0.154. The Labute approximate surface area is 160 Å². The lowest BCUT2D eigenvalue weighted by atomic mass is 9.72. The molecular weight excluding hydrogens is 342 g/mol. The SMILES string of the molecule is C[C@@H]1CCN(C(=O)COC(=O)CNc2ccc(C#N)cc2)[C@@H]2CCCC[C@@H]12. The third kappa shape index (κ3) is 4.79. The number of likely N-dealkylation sites (tertiary alicyclic amines) is 1. The van der Waals surface area contributed by atoms with Crippen LogP contribution in [0.4, 0.5) is 5.69 Å². The van der Waals surface area contributed by atoms with Crippen molar-refractivity contribution < 1.29 is 14.3 Å². The van der Waals surface area contributed by atoms with Crippen molar-refractivity contribution in [2.75, 3.05) is 25.0 Å². The molecule has 1 aromatic carbocycles. The lowest BCUT2D eigenvalue weighted by Crippen LogP contribution is -2.53. The molecule has 6 nitrogen and oxygen atoms in total. The molecule has 144 valence electrons. The summed E-state index contributed by atoms with van der Waals surface area (Å²) in [6.07, 6.45) is 5.72. The summed E-state index contributed by atoms with van der Waals surface area (Å²) in [6.45, 7) is 2.86. The molecule has 0 radical (unpaired) electrons. The number of piperidine rings is 1. The largest absolute Gasteiger partial charge is 0.454 e. The summed E-state index contributed by atoms with van der Waals surface area (Å²) >= 11 is 0. The van der Waals surface area contributed by atoms with Crippen LogP contribution >= 0.6 is 0 Å². The predicted molar refractivity (Wildman–Crippen MR) is 102 cm³/mol. The van der Waals surface area contributed by atoms with E-state index in [-0.39, 0.29) is 19.1 Å². The number of carbonyl (C=O) groups excluding carboxylic acids is 2. The lowest BCUT2D eigenvalue weighted by Gasteiger charge is -2.47. The van der Waals surface area contributed by atoms with Gasteiger partial charge in [0, 0.05) is 18.3 Å². The summed E-state index contributed by atoms with van der Waals surface area (Å²) in [5, 5.41) is 11.7. The summed E-state index contributed by atoms with van der Waals surface area (Å²) in [7, 11) is 0. The van der Waals surface area contributed by atoms with Crippen molar-refractivity contribution in [2.24, 2.45) is 11.8 Å². The summed E-state index contributed by atoms with van der Waals surface area (Å²) in [5.41, 5.74) is 1.29. The Bertz CT molecular complexity index is 710. The zero-order valence-electron chi connectivity index (χ0n) is 15.8.